The van der Waals surface area contributed by atoms with E-state index < -0.39 is 24.5 Å². The molecule has 1 aliphatic rings. The van der Waals surface area contributed by atoms with Crippen molar-refractivity contribution in [1.29, 1.82) is 0 Å². The van der Waals surface area contributed by atoms with Crippen molar-refractivity contribution >= 4 is 24.0 Å². The Bertz CT molecular complexity index is 1720. The zero-order chi connectivity index (χ0) is 54.8. The van der Waals surface area contributed by atoms with Crippen LogP contribution in [0.1, 0.15) is 245 Å². The summed E-state index contributed by atoms with van der Waals surface area (Å²) in [7, 11) is 0. The molecule has 12 heteroatoms. The lowest BCUT2D eigenvalue weighted by atomic mass is 10.1. The highest BCUT2D eigenvalue weighted by Crippen LogP contribution is 2.19. The van der Waals surface area contributed by atoms with Gasteiger partial charge in [0.25, 0.3) is 0 Å². The normalized spacial score (nSPS) is 13.5. The van der Waals surface area contributed by atoms with Gasteiger partial charge in [-0.05, 0) is 170 Å². The lowest BCUT2D eigenvalue weighted by Gasteiger charge is -2.19. The molecule has 0 aromatic heterocycles. The van der Waals surface area contributed by atoms with Gasteiger partial charge in [0.05, 0.1) is 6.42 Å². The standard InChI is InChI=1S/C64H106N2O10.H2/c1-5-9-13-17-20-21-22-23-24-25-26-27-28-29-33-39-60(67)73-53-56-50-57(54-74-61(68)41-40-59(38-32-16-12-8-4)76-64(70)65-44-47-66-45-34-35-46-66)52-58(51-56)55-75-62(69)42-43-63(71-48-36-30-18-14-10-6-2)72-49-37-31-19-15-11-7-3;/h10-11,14-15,20-21,23-24,50-52,59,63H,5-9,12-13,16-19,22,25-49,53-55H2,1-4H3,(H,65,70);1H/b14-10-,15-11-,21-20-,24-23-;. The number of rotatable bonds is 49. The van der Waals surface area contributed by atoms with Gasteiger partial charge in [0.1, 0.15) is 25.9 Å². The van der Waals surface area contributed by atoms with Crippen LogP contribution in [-0.2, 0) is 62.6 Å². The van der Waals surface area contributed by atoms with Gasteiger partial charge in [-0.15, -0.1) is 0 Å². The third-order valence-electron chi connectivity index (χ3n) is 13.4. The summed E-state index contributed by atoms with van der Waals surface area (Å²) in [6.07, 6.45) is 45.2. The van der Waals surface area contributed by atoms with E-state index in [1.165, 1.54) is 38.5 Å². The van der Waals surface area contributed by atoms with Gasteiger partial charge >= 0.3 is 24.0 Å². The summed E-state index contributed by atoms with van der Waals surface area (Å²) in [5.74, 6) is -1.04. The maximum atomic E-state index is 13.2. The molecule has 0 aliphatic carbocycles. The number of allylic oxidation sites excluding steroid dienone is 8. The lowest BCUT2D eigenvalue weighted by molar-refractivity contribution is -0.160. The van der Waals surface area contributed by atoms with E-state index in [1.54, 1.807) is 0 Å². The summed E-state index contributed by atoms with van der Waals surface area (Å²) in [5.41, 5.74) is 2.08. The Balaban J connectivity index is 0.0000296. The van der Waals surface area contributed by atoms with Crippen LogP contribution >= 0.6 is 0 Å². The van der Waals surface area contributed by atoms with E-state index in [1.807, 2.05) is 18.2 Å². The molecule has 1 aromatic carbocycles. The van der Waals surface area contributed by atoms with Gasteiger partial charge in [-0.25, -0.2) is 4.79 Å². The van der Waals surface area contributed by atoms with E-state index in [-0.39, 0.29) is 46.0 Å². The van der Waals surface area contributed by atoms with Gasteiger partial charge in [0.2, 0.25) is 0 Å². The highest BCUT2D eigenvalue weighted by atomic mass is 16.7. The Labute approximate surface area is 463 Å². The fraction of sp³-hybridized carbons (Fsp3) is 0.719. The van der Waals surface area contributed by atoms with Crippen LogP contribution in [0.3, 0.4) is 0 Å². The van der Waals surface area contributed by atoms with Crippen LogP contribution in [0.4, 0.5) is 4.79 Å². The monoisotopic (exact) mass is 1060 g/mol. The van der Waals surface area contributed by atoms with E-state index in [2.05, 4.69) is 86.5 Å². The van der Waals surface area contributed by atoms with Crippen LogP contribution in [0.2, 0.25) is 0 Å². The topological polar surface area (TPSA) is 139 Å². The number of nitrogens with zero attached hydrogens (tertiary/aromatic N) is 1. The first kappa shape index (κ1) is 67.8. The summed E-state index contributed by atoms with van der Waals surface area (Å²) in [6, 6.07) is 5.57. The Hall–Kier alpha value is -4.26. The molecular weight excluding hydrogens is 957 g/mol. The Morgan fingerprint density at radius 3 is 1.54 bits per heavy atom. The molecular formula is C64H108N2O10. The molecule has 12 nitrogen and oxygen atoms in total. The van der Waals surface area contributed by atoms with E-state index in [0.717, 1.165) is 142 Å². The molecule has 434 valence electrons. The second-order valence-electron chi connectivity index (χ2n) is 20.5. The first-order valence-corrected chi connectivity index (χ1v) is 30.3. The van der Waals surface area contributed by atoms with Crippen LogP contribution in [0.15, 0.2) is 66.8 Å². The summed E-state index contributed by atoms with van der Waals surface area (Å²) in [4.78, 5) is 54.5. The summed E-state index contributed by atoms with van der Waals surface area (Å²) < 4.78 is 35.4. The van der Waals surface area contributed by atoms with Gasteiger partial charge in [0.15, 0.2) is 6.29 Å². The number of likely N-dealkylation sites (tertiary alicyclic amines) is 1. The van der Waals surface area contributed by atoms with E-state index in [9.17, 15) is 19.2 Å². The largest absolute Gasteiger partial charge is 0.461 e. The van der Waals surface area contributed by atoms with Crippen molar-refractivity contribution in [1.82, 2.24) is 10.2 Å². The average molecular weight is 1070 g/mol. The molecule has 0 radical (unpaired) electrons. The number of esters is 3. The van der Waals surface area contributed by atoms with Crippen molar-refractivity contribution < 1.29 is 49.0 Å². The maximum absolute atomic E-state index is 13.2. The summed E-state index contributed by atoms with van der Waals surface area (Å²) >= 11 is 0. The number of nitrogens with one attached hydrogen (secondary N) is 1. The molecule has 1 aliphatic heterocycles. The van der Waals surface area contributed by atoms with Gasteiger partial charge in [-0.3, -0.25) is 14.4 Å². The van der Waals surface area contributed by atoms with Crippen LogP contribution in [-0.4, -0.2) is 80.7 Å². The highest BCUT2D eigenvalue weighted by Gasteiger charge is 2.19. The molecule has 1 N–H and O–H groups in total. The predicted molar refractivity (Wildman–Crippen MR) is 311 cm³/mol. The van der Waals surface area contributed by atoms with Gasteiger partial charge in [0, 0.05) is 47.0 Å². The number of benzene rings is 1. The zero-order valence-electron chi connectivity index (χ0n) is 48.3. The van der Waals surface area contributed by atoms with Crippen LogP contribution in [0, 0.1) is 0 Å². The second-order valence-corrected chi connectivity index (χ2v) is 20.5. The molecule has 2 rings (SSSR count). The molecule has 0 bridgehead atoms. The molecule has 1 saturated heterocycles. The van der Waals surface area contributed by atoms with Crippen LogP contribution < -0.4 is 5.32 Å². The lowest BCUT2D eigenvalue weighted by Crippen LogP contribution is -2.35. The fourth-order valence-corrected chi connectivity index (χ4v) is 8.91. The van der Waals surface area contributed by atoms with Gasteiger partial charge < -0.3 is 38.6 Å². The van der Waals surface area contributed by atoms with Crippen molar-refractivity contribution in [3.63, 3.8) is 0 Å². The number of carbonyl (C=O) groups excluding carboxylic acids is 4. The number of amides is 1. The molecule has 1 heterocycles. The number of hydrogen-bond donors (Lipinski definition) is 1. The molecule has 0 saturated carbocycles. The van der Waals surface area contributed by atoms with E-state index in [4.69, 9.17) is 28.4 Å². The number of ether oxygens (including phenoxy) is 6. The van der Waals surface area contributed by atoms with Crippen molar-refractivity contribution in [3.05, 3.63) is 83.5 Å². The zero-order valence-corrected chi connectivity index (χ0v) is 48.3. The Morgan fingerprint density at radius 1 is 0.526 bits per heavy atom. The molecule has 1 amide bonds. The highest BCUT2D eigenvalue weighted by molar-refractivity contribution is 5.70. The summed E-state index contributed by atoms with van der Waals surface area (Å²) in [5, 5.41) is 2.90. The average Bonchev–Trinajstić information content (AvgIpc) is 3.95. The Kier molecular flexibility index (Phi) is 43.8. The number of unbranched alkanes of at least 4 members (excludes halogenated alkanes) is 15. The first-order valence-electron chi connectivity index (χ1n) is 30.3. The van der Waals surface area contributed by atoms with Crippen molar-refractivity contribution in [2.75, 3.05) is 39.4 Å². The van der Waals surface area contributed by atoms with E-state index in [0.29, 0.717) is 62.1 Å². The number of carbonyl (C=O) groups is 4. The molecule has 1 unspecified atom stereocenters. The summed E-state index contributed by atoms with van der Waals surface area (Å²) in [6.45, 7) is 13.2. The Morgan fingerprint density at radius 2 is 0.987 bits per heavy atom. The maximum Gasteiger partial charge on any atom is 0.407 e. The van der Waals surface area contributed by atoms with Crippen molar-refractivity contribution in [2.45, 2.75) is 259 Å². The first-order chi connectivity index (χ1) is 37.3. The predicted octanol–water partition coefficient (Wildman–Crippen LogP) is 16.2. The minimum absolute atomic E-state index is 0. The quantitative estimate of drug-likeness (QED) is 0.0219. The molecule has 1 atom stereocenters. The third-order valence-corrected chi connectivity index (χ3v) is 13.4. The molecule has 1 fully saturated rings. The van der Waals surface area contributed by atoms with Crippen molar-refractivity contribution in [2.24, 2.45) is 0 Å². The SMILES string of the molecule is CC/C=C\CCCCOC(CCC(=O)OCc1cc(COC(=O)CCCCCCC/C=C\C/C=C\CCCCC)cc(COC(=O)CCC(CCCCCC)OC(=O)NCCN2CCCC2)c1)OCCCC/C=C\CC.[HH]. The van der Waals surface area contributed by atoms with Crippen LogP contribution in [0.25, 0.3) is 0 Å². The van der Waals surface area contributed by atoms with E-state index >= 15 is 0 Å². The van der Waals surface area contributed by atoms with Gasteiger partial charge in [-0.1, -0.05) is 128 Å². The third kappa shape index (κ3) is 40.0. The molecule has 1 aromatic rings. The number of hydrogen-bond acceptors (Lipinski definition) is 11. The minimum Gasteiger partial charge on any atom is -0.461 e. The van der Waals surface area contributed by atoms with Gasteiger partial charge in [-0.2, -0.15) is 0 Å². The van der Waals surface area contributed by atoms with Crippen LogP contribution in [0.5, 0.6) is 0 Å². The smallest absolute Gasteiger partial charge is 0.407 e. The fourth-order valence-electron chi connectivity index (χ4n) is 8.91. The second kappa shape index (κ2) is 49.1. The van der Waals surface area contributed by atoms with Crippen molar-refractivity contribution in [3.8, 4) is 0 Å². The minimum atomic E-state index is -0.501. The molecule has 76 heavy (non-hydrogen) atoms. The molecule has 0 spiro atoms. The number of alkyl carbamates (subject to hydrolysis) is 1.